The summed E-state index contributed by atoms with van der Waals surface area (Å²) >= 11 is 0. The Balaban J connectivity index is 1.54. The van der Waals surface area contributed by atoms with Crippen LogP contribution in [0.2, 0.25) is 0 Å². The van der Waals surface area contributed by atoms with Gasteiger partial charge in [-0.15, -0.1) is 0 Å². The lowest BCUT2D eigenvalue weighted by atomic mass is 9.67. The Morgan fingerprint density at radius 3 is 2.45 bits per heavy atom. The van der Waals surface area contributed by atoms with Gasteiger partial charge in [-0.2, -0.15) is 0 Å². The van der Waals surface area contributed by atoms with E-state index in [9.17, 15) is 9.59 Å². The van der Waals surface area contributed by atoms with Gasteiger partial charge in [-0.1, -0.05) is 54.6 Å². The Morgan fingerprint density at radius 2 is 1.73 bits per heavy atom. The van der Waals surface area contributed by atoms with Crippen LogP contribution in [0.1, 0.15) is 46.3 Å². The molecule has 3 aliphatic heterocycles. The third-order valence-corrected chi connectivity index (χ3v) is 7.65. The van der Waals surface area contributed by atoms with Crippen molar-refractivity contribution in [1.29, 1.82) is 0 Å². The van der Waals surface area contributed by atoms with Crippen LogP contribution >= 0.6 is 0 Å². The fourth-order valence-corrected chi connectivity index (χ4v) is 6.37. The highest BCUT2D eigenvalue weighted by molar-refractivity contribution is 6.02. The number of carbonyl (C=O) groups is 2. The molecule has 6 rings (SSSR count). The largest absolute Gasteiger partial charge is 0.497 e. The number of anilines is 1. The van der Waals surface area contributed by atoms with E-state index < -0.39 is 5.60 Å². The summed E-state index contributed by atoms with van der Waals surface area (Å²) < 4.78 is 12.1. The van der Waals surface area contributed by atoms with Crippen molar-refractivity contribution in [2.24, 2.45) is 5.92 Å². The van der Waals surface area contributed by atoms with Crippen LogP contribution < -0.4 is 9.64 Å². The van der Waals surface area contributed by atoms with Crippen molar-refractivity contribution in [1.82, 2.24) is 0 Å². The number of hydrogen-bond donors (Lipinski definition) is 0. The van der Waals surface area contributed by atoms with Gasteiger partial charge < -0.3 is 14.4 Å². The first kappa shape index (κ1) is 20.2. The van der Waals surface area contributed by atoms with Crippen molar-refractivity contribution in [3.05, 3.63) is 95.6 Å². The van der Waals surface area contributed by atoms with E-state index in [-0.39, 0.29) is 29.9 Å². The van der Waals surface area contributed by atoms with Crippen molar-refractivity contribution in [3.8, 4) is 5.75 Å². The van der Waals surface area contributed by atoms with Crippen LogP contribution in [-0.2, 0) is 9.53 Å². The average molecular weight is 440 g/mol. The predicted molar refractivity (Wildman–Crippen MR) is 125 cm³/mol. The summed E-state index contributed by atoms with van der Waals surface area (Å²) in [5.74, 6) is 0.488. The molecule has 0 radical (unpaired) electrons. The van der Waals surface area contributed by atoms with Crippen LogP contribution in [0.15, 0.2) is 78.9 Å². The molecule has 0 aromatic heterocycles. The van der Waals surface area contributed by atoms with Crippen LogP contribution in [0, 0.1) is 5.92 Å². The van der Waals surface area contributed by atoms with E-state index in [2.05, 4.69) is 12.1 Å². The Morgan fingerprint density at radius 1 is 1.00 bits per heavy atom. The number of methoxy groups -OCH3 is 1. The summed E-state index contributed by atoms with van der Waals surface area (Å²) in [7, 11) is 1.62. The molecule has 3 aliphatic rings. The van der Waals surface area contributed by atoms with Crippen LogP contribution in [0.5, 0.6) is 5.75 Å². The van der Waals surface area contributed by atoms with Gasteiger partial charge in [0.1, 0.15) is 17.6 Å². The maximum atomic E-state index is 14.2. The van der Waals surface area contributed by atoms with Crippen molar-refractivity contribution in [2.75, 3.05) is 12.0 Å². The third kappa shape index (κ3) is 2.82. The molecular weight excluding hydrogens is 414 g/mol. The quantitative estimate of drug-likeness (QED) is 0.529. The number of aldehydes is 1. The molecule has 1 spiro atoms. The van der Waals surface area contributed by atoms with Crippen molar-refractivity contribution in [2.45, 2.75) is 36.5 Å². The molecule has 2 bridgehead atoms. The second kappa shape index (κ2) is 7.56. The standard InChI is InChI=1S/C28H25NO4/c1-32-21-13-11-20(12-14-21)29-26(22-10-6-5-9-19(22)17-30)28-16-15-23(33-28)24(25(28)27(29)31)18-7-3-2-4-8-18/h2-14,17,23-26H,15-16H2,1H3/t23-,24+,25+,26-,28+/m0/s1. The van der Waals surface area contributed by atoms with Gasteiger partial charge in [-0.25, -0.2) is 0 Å². The third-order valence-electron chi connectivity index (χ3n) is 7.65. The fourth-order valence-electron chi connectivity index (χ4n) is 6.37. The van der Waals surface area contributed by atoms with Crippen LogP contribution in [0.4, 0.5) is 5.69 Å². The number of benzene rings is 3. The first-order valence-corrected chi connectivity index (χ1v) is 11.4. The lowest BCUT2D eigenvalue weighted by Crippen LogP contribution is -2.39. The molecule has 5 heteroatoms. The highest BCUT2D eigenvalue weighted by Gasteiger charge is 2.72. The molecule has 3 aromatic carbocycles. The van der Waals surface area contributed by atoms with E-state index in [4.69, 9.17) is 9.47 Å². The zero-order chi connectivity index (χ0) is 22.6. The van der Waals surface area contributed by atoms with Crippen molar-refractivity contribution < 1.29 is 19.1 Å². The first-order chi connectivity index (χ1) is 16.2. The monoisotopic (exact) mass is 439 g/mol. The van der Waals surface area contributed by atoms with Gasteiger partial charge in [0.15, 0.2) is 0 Å². The molecule has 33 heavy (non-hydrogen) atoms. The van der Waals surface area contributed by atoms with E-state index in [1.54, 1.807) is 7.11 Å². The van der Waals surface area contributed by atoms with Crippen LogP contribution in [-0.4, -0.2) is 31.0 Å². The lowest BCUT2D eigenvalue weighted by molar-refractivity contribution is -0.122. The minimum absolute atomic E-state index is 0.00147. The molecule has 3 heterocycles. The minimum atomic E-state index is -0.665. The molecule has 0 saturated carbocycles. The van der Waals surface area contributed by atoms with E-state index in [0.29, 0.717) is 5.56 Å². The molecule has 3 saturated heterocycles. The zero-order valence-corrected chi connectivity index (χ0v) is 18.4. The van der Waals surface area contributed by atoms with Gasteiger partial charge in [0.2, 0.25) is 5.91 Å². The SMILES string of the molecule is COc1ccc(N2C(=O)[C@H]3[C@H](c4ccccc4)[C@@H]4CC[C@]3(O4)[C@@H]2c2ccccc2C=O)cc1. The maximum Gasteiger partial charge on any atom is 0.234 e. The molecule has 3 fully saturated rings. The minimum Gasteiger partial charge on any atom is -0.497 e. The molecule has 0 N–H and O–H groups in total. The van der Waals surface area contributed by atoms with E-state index >= 15 is 0 Å². The Labute approximate surface area is 192 Å². The van der Waals surface area contributed by atoms with Crippen molar-refractivity contribution >= 4 is 17.9 Å². The number of ether oxygens (including phenoxy) is 2. The van der Waals surface area contributed by atoms with Gasteiger partial charge in [-0.05, 0) is 48.2 Å². The molecule has 166 valence electrons. The number of amides is 1. The summed E-state index contributed by atoms with van der Waals surface area (Å²) in [4.78, 5) is 28.1. The maximum absolute atomic E-state index is 14.2. The normalized spacial score (nSPS) is 29.8. The van der Waals surface area contributed by atoms with Gasteiger partial charge in [0, 0.05) is 17.2 Å². The molecule has 5 nitrogen and oxygen atoms in total. The van der Waals surface area contributed by atoms with Gasteiger partial charge in [0.25, 0.3) is 0 Å². The van der Waals surface area contributed by atoms with E-state index in [0.717, 1.165) is 41.7 Å². The van der Waals surface area contributed by atoms with Gasteiger partial charge in [0.05, 0.1) is 25.2 Å². The summed E-state index contributed by atoms with van der Waals surface area (Å²) in [6, 6.07) is 25.0. The number of fused-ring (bicyclic) bond motifs is 1. The summed E-state index contributed by atoms with van der Waals surface area (Å²) in [5.41, 5.74) is 2.70. The molecule has 1 amide bonds. The smallest absolute Gasteiger partial charge is 0.234 e. The highest BCUT2D eigenvalue weighted by Crippen LogP contribution is 2.66. The number of carbonyl (C=O) groups excluding carboxylic acids is 2. The molecular formula is C28H25NO4. The van der Waals surface area contributed by atoms with E-state index in [1.807, 2.05) is 71.6 Å². The molecule has 0 unspecified atom stereocenters. The lowest BCUT2D eigenvalue weighted by Gasteiger charge is -2.35. The Hall–Kier alpha value is -3.44. The van der Waals surface area contributed by atoms with Gasteiger partial charge in [-0.3, -0.25) is 9.59 Å². The second-order valence-electron chi connectivity index (χ2n) is 9.12. The second-order valence-corrected chi connectivity index (χ2v) is 9.12. The first-order valence-electron chi connectivity index (χ1n) is 11.4. The zero-order valence-electron chi connectivity index (χ0n) is 18.4. The average Bonchev–Trinajstić information content (AvgIpc) is 3.52. The Kier molecular flexibility index (Phi) is 4.63. The number of rotatable bonds is 5. The molecule has 0 aliphatic carbocycles. The Bertz CT molecular complexity index is 1210. The molecule has 5 atom stereocenters. The van der Waals surface area contributed by atoms with Crippen molar-refractivity contribution in [3.63, 3.8) is 0 Å². The summed E-state index contributed by atoms with van der Waals surface area (Å²) in [5, 5.41) is 0. The van der Waals surface area contributed by atoms with Crippen LogP contribution in [0.3, 0.4) is 0 Å². The molecule has 3 aromatic rings. The summed E-state index contributed by atoms with van der Waals surface area (Å²) in [6.45, 7) is 0. The topological polar surface area (TPSA) is 55.8 Å². The number of nitrogens with zero attached hydrogens (tertiary/aromatic N) is 1. The highest BCUT2D eigenvalue weighted by atomic mass is 16.5. The number of hydrogen-bond acceptors (Lipinski definition) is 4. The fraction of sp³-hybridized carbons (Fsp3) is 0.286. The van der Waals surface area contributed by atoms with Crippen LogP contribution in [0.25, 0.3) is 0 Å². The predicted octanol–water partition coefficient (Wildman–Crippen LogP) is 4.93. The van der Waals surface area contributed by atoms with E-state index in [1.165, 1.54) is 0 Å². The van der Waals surface area contributed by atoms with Gasteiger partial charge >= 0.3 is 0 Å². The summed E-state index contributed by atoms with van der Waals surface area (Å²) in [6.07, 6.45) is 2.58.